The van der Waals surface area contributed by atoms with Crippen molar-refractivity contribution in [3.05, 3.63) is 30.0 Å². The van der Waals surface area contributed by atoms with E-state index in [1.807, 2.05) is 18.2 Å². The summed E-state index contributed by atoms with van der Waals surface area (Å²) in [5.74, 6) is 2.79. The molecule has 46 valence electrons. The predicted molar refractivity (Wildman–Crippen MR) is 39.5 cm³/mol. The van der Waals surface area contributed by atoms with Gasteiger partial charge in [-0.1, -0.05) is 19.1 Å². The van der Waals surface area contributed by atoms with Gasteiger partial charge in [0.1, 0.15) is 0 Å². The molecule has 0 saturated carbocycles. The quantitative estimate of drug-likeness (QED) is 0.501. The van der Waals surface area contributed by atoms with Gasteiger partial charge in [0, 0.05) is 0 Å². The molecular weight excluding hydrogens is 110 g/mol. The first-order valence-electron chi connectivity index (χ1n) is 3.09. The van der Waals surface area contributed by atoms with Crippen LogP contribution in [0.2, 0.25) is 0 Å². The van der Waals surface area contributed by atoms with Crippen LogP contribution in [0.25, 0.3) is 0 Å². The minimum Gasteiger partial charge on any atom is -0.211 e. The minimum absolute atomic E-state index is 0.977. The lowest BCUT2D eigenvalue weighted by Gasteiger charge is -1.87. The van der Waals surface area contributed by atoms with Gasteiger partial charge >= 0.3 is 0 Å². The van der Waals surface area contributed by atoms with Gasteiger partial charge in [-0.25, -0.2) is 4.99 Å². The first kappa shape index (κ1) is 6.06. The molecule has 1 heterocycles. The maximum absolute atomic E-state index is 4.03. The van der Waals surface area contributed by atoms with Gasteiger partial charge in [0.05, 0.1) is 5.70 Å². The van der Waals surface area contributed by atoms with E-state index in [9.17, 15) is 0 Å². The molecule has 1 aliphatic heterocycles. The summed E-state index contributed by atoms with van der Waals surface area (Å²) in [6.45, 7) is 2.08. The molecule has 0 aromatic carbocycles. The van der Waals surface area contributed by atoms with E-state index in [2.05, 4.69) is 17.8 Å². The Kier molecular flexibility index (Phi) is 2.06. The molecule has 1 nitrogen and oxygen atoms in total. The summed E-state index contributed by atoms with van der Waals surface area (Å²) in [6, 6.07) is 0. The van der Waals surface area contributed by atoms with Gasteiger partial charge in [-0.2, -0.15) is 0 Å². The molecule has 0 fully saturated rings. The van der Waals surface area contributed by atoms with Crippen LogP contribution in [-0.2, 0) is 0 Å². The Labute approximate surface area is 55.1 Å². The Morgan fingerprint density at radius 1 is 1.56 bits per heavy atom. The monoisotopic (exact) mass is 119 g/mol. The van der Waals surface area contributed by atoms with Crippen LogP contribution in [0.15, 0.2) is 35.0 Å². The molecule has 0 spiro atoms. The molecule has 0 N–H and O–H groups in total. The summed E-state index contributed by atoms with van der Waals surface area (Å²) >= 11 is 0. The highest BCUT2D eigenvalue weighted by Crippen LogP contribution is 2.02. The van der Waals surface area contributed by atoms with Gasteiger partial charge in [-0.05, 0) is 24.4 Å². The van der Waals surface area contributed by atoms with Crippen LogP contribution in [-0.4, -0.2) is 5.87 Å². The fourth-order valence-electron chi connectivity index (χ4n) is 0.620. The van der Waals surface area contributed by atoms with Crippen molar-refractivity contribution in [1.29, 1.82) is 0 Å². The van der Waals surface area contributed by atoms with E-state index in [-0.39, 0.29) is 0 Å². The van der Waals surface area contributed by atoms with Crippen molar-refractivity contribution in [2.75, 3.05) is 0 Å². The SMILES string of the molecule is CCC1=CC=CC=C=N1. The minimum atomic E-state index is 0.977. The fourth-order valence-corrected chi connectivity index (χ4v) is 0.620. The highest BCUT2D eigenvalue weighted by atomic mass is 14.7. The predicted octanol–water partition coefficient (Wildman–Crippen LogP) is 2.08. The van der Waals surface area contributed by atoms with E-state index >= 15 is 0 Å². The third-order valence-electron chi connectivity index (χ3n) is 1.14. The van der Waals surface area contributed by atoms with Gasteiger partial charge in [-0.15, -0.1) is 0 Å². The van der Waals surface area contributed by atoms with Crippen LogP contribution >= 0.6 is 0 Å². The van der Waals surface area contributed by atoms with Crippen LogP contribution in [0.1, 0.15) is 13.3 Å². The van der Waals surface area contributed by atoms with Gasteiger partial charge in [0.25, 0.3) is 0 Å². The van der Waals surface area contributed by atoms with Crippen molar-refractivity contribution in [1.82, 2.24) is 0 Å². The highest BCUT2D eigenvalue weighted by Gasteiger charge is 1.85. The third kappa shape index (κ3) is 1.71. The van der Waals surface area contributed by atoms with Crippen molar-refractivity contribution in [2.24, 2.45) is 4.99 Å². The molecule has 0 aromatic heterocycles. The molecule has 9 heavy (non-hydrogen) atoms. The second kappa shape index (κ2) is 3.06. The first-order valence-corrected chi connectivity index (χ1v) is 3.09. The molecule has 0 amide bonds. The zero-order valence-corrected chi connectivity index (χ0v) is 5.46. The van der Waals surface area contributed by atoms with Gasteiger partial charge < -0.3 is 0 Å². The second-order valence-electron chi connectivity index (χ2n) is 1.80. The van der Waals surface area contributed by atoms with Gasteiger partial charge in [-0.3, -0.25) is 0 Å². The number of hydrogen-bond acceptors (Lipinski definition) is 1. The first-order chi connectivity index (χ1) is 4.43. The molecule has 0 radical (unpaired) electrons. The van der Waals surface area contributed by atoms with E-state index in [1.54, 1.807) is 6.08 Å². The summed E-state index contributed by atoms with van der Waals surface area (Å²) < 4.78 is 0. The van der Waals surface area contributed by atoms with E-state index in [0.717, 1.165) is 12.1 Å². The molecule has 0 saturated heterocycles. The van der Waals surface area contributed by atoms with Gasteiger partial charge in [0.2, 0.25) is 0 Å². The lowest BCUT2D eigenvalue weighted by molar-refractivity contribution is 1.07. The van der Waals surface area contributed by atoms with E-state index < -0.39 is 0 Å². The maximum Gasteiger partial charge on any atom is 0.0500 e. The van der Waals surface area contributed by atoms with Crippen molar-refractivity contribution >= 4 is 5.87 Å². The average Bonchev–Trinajstić information content (AvgIpc) is 2.13. The standard InChI is InChI=1S/C8H9N/c1-2-8-6-4-3-5-7-9-8/h3-6H,2H2,1H3. The highest BCUT2D eigenvalue weighted by molar-refractivity contribution is 5.57. The van der Waals surface area contributed by atoms with Gasteiger partial charge in [0.15, 0.2) is 0 Å². The Morgan fingerprint density at radius 3 is 3.22 bits per heavy atom. The van der Waals surface area contributed by atoms with Crippen molar-refractivity contribution < 1.29 is 0 Å². The smallest absolute Gasteiger partial charge is 0.0500 e. The van der Waals surface area contributed by atoms with Crippen LogP contribution < -0.4 is 0 Å². The summed E-state index contributed by atoms with van der Waals surface area (Å²) in [4.78, 5) is 4.03. The summed E-state index contributed by atoms with van der Waals surface area (Å²) in [5, 5.41) is 0. The Morgan fingerprint density at radius 2 is 2.44 bits per heavy atom. The summed E-state index contributed by atoms with van der Waals surface area (Å²) in [7, 11) is 0. The molecule has 0 unspecified atom stereocenters. The zero-order valence-electron chi connectivity index (χ0n) is 5.46. The molecule has 0 aliphatic carbocycles. The molecule has 0 aromatic rings. The number of allylic oxidation sites excluding steroid dienone is 5. The topological polar surface area (TPSA) is 12.4 Å². The lowest BCUT2D eigenvalue weighted by atomic mass is 10.3. The molecule has 0 atom stereocenters. The van der Waals surface area contributed by atoms with E-state index in [4.69, 9.17) is 0 Å². The van der Waals surface area contributed by atoms with Crippen LogP contribution in [0.4, 0.5) is 0 Å². The van der Waals surface area contributed by atoms with Crippen LogP contribution in [0.3, 0.4) is 0 Å². The Bertz CT molecular complexity index is 203. The van der Waals surface area contributed by atoms with E-state index in [1.165, 1.54) is 0 Å². The Hall–Kier alpha value is -1.07. The number of hydrogen-bond donors (Lipinski definition) is 0. The summed E-state index contributed by atoms with van der Waals surface area (Å²) in [6.07, 6.45) is 8.68. The molecule has 1 heteroatoms. The molecule has 0 bridgehead atoms. The Balaban J connectivity index is 2.82. The maximum atomic E-state index is 4.03. The van der Waals surface area contributed by atoms with Crippen LogP contribution in [0.5, 0.6) is 0 Å². The zero-order chi connectivity index (χ0) is 6.53. The normalized spacial score (nSPS) is 15.4. The van der Waals surface area contributed by atoms with Crippen LogP contribution in [0, 0.1) is 0 Å². The molecule has 1 aliphatic rings. The number of nitrogens with zero attached hydrogens (tertiary/aromatic N) is 1. The summed E-state index contributed by atoms with van der Waals surface area (Å²) in [5.41, 5.74) is 1.08. The molecule has 1 rings (SSSR count). The largest absolute Gasteiger partial charge is 0.211 e. The second-order valence-corrected chi connectivity index (χ2v) is 1.80. The van der Waals surface area contributed by atoms with Crippen molar-refractivity contribution in [3.63, 3.8) is 0 Å². The van der Waals surface area contributed by atoms with Crippen molar-refractivity contribution in [2.45, 2.75) is 13.3 Å². The number of aliphatic imine (C=N–C) groups is 1. The van der Waals surface area contributed by atoms with Crippen molar-refractivity contribution in [3.8, 4) is 0 Å². The molecular formula is C8H9N. The fraction of sp³-hybridized carbons (Fsp3) is 0.250. The third-order valence-corrected chi connectivity index (χ3v) is 1.14. The number of rotatable bonds is 1. The lowest BCUT2D eigenvalue weighted by Crippen LogP contribution is -1.69. The van der Waals surface area contributed by atoms with E-state index in [0.29, 0.717) is 0 Å². The average molecular weight is 119 g/mol.